The molecule has 1 aromatic heterocycles. The van der Waals surface area contributed by atoms with E-state index in [0.29, 0.717) is 5.56 Å². The number of ketones is 1. The molecule has 0 unspecified atom stereocenters. The number of aryl methyl sites for hydroxylation is 1. The van der Waals surface area contributed by atoms with Gasteiger partial charge < -0.3 is 0 Å². The van der Waals surface area contributed by atoms with Crippen LogP contribution < -0.4 is 0 Å². The third-order valence-electron chi connectivity index (χ3n) is 2.29. The predicted octanol–water partition coefficient (Wildman–Crippen LogP) is 4.22. The highest BCUT2D eigenvalue weighted by Gasteiger charge is 2.09. The fraction of sp³-hybridized carbons (Fsp3) is 0.250. The Morgan fingerprint density at radius 3 is 2.83 bits per heavy atom. The average Bonchev–Trinajstić information content (AvgIpc) is 2.76. The van der Waals surface area contributed by atoms with Crippen molar-refractivity contribution < 1.29 is 4.79 Å². The zero-order valence-electron chi connectivity index (χ0n) is 9.94. The molecule has 1 heterocycles. The monoisotopic (exact) mass is 342 g/mol. The van der Waals surface area contributed by atoms with Crippen LogP contribution in [0.5, 0.6) is 0 Å². The van der Waals surface area contributed by atoms with Crippen LogP contribution in [0.4, 0.5) is 0 Å². The van der Waals surface area contributed by atoms with Crippen LogP contribution in [0.25, 0.3) is 0 Å². The van der Waals surface area contributed by atoms with Crippen LogP contribution in [0.15, 0.2) is 31.9 Å². The number of halogens is 1. The smallest absolute Gasteiger partial charge is 0.174 e. The first-order chi connectivity index (χ1) is 8.60. The molecular formula is C12H11BrN2OS2. The normalized spacial score (nSPS) is 10.6. The minimum atomic E-state index is 0.0580. The Balaban J connectivity index is 2.19. The molecule has 0 fully saturated rings. The Kier molecular flexibility index (Phi) is 4.53. The lowest BCUT2D eigenvalue weighted by Crippen LogP contribution is -1.93. The quantitative estimate of drug-likeness (QED) is 0.780. The molecule has 0 bridgehead atoms. The van der Waals surface area contributed by atoms with Crippen molar-refractivity contribution in [3.05, 3.63) is 34.1 Å². The Hall–Kier alpha value is -0.720. The van der Waals surface area contributed by atoms with Crippen molar-refractivity contribution in [3.63, 3.8) is 0 Å². The van der Waals surface area contributed by atoms with Crippen molar-refractivity contribution in [2.75, 3.05) is 0 Å². The number of benzene rings is 1. The van der Waals surface area contributed by atoms with Crippen molar-refractivity contribution >= 4 is 45.0 Å². The molecule has 0 saturated heterocycles. The molecule has 3 nitrogen and oxygen atoms in total. The number of carbonyl (C=O) groups is 1. The molecule has 0 atom stereocenters. The second-order valence-electron chi connectivity index (χ2n) is 3.63. The van der Waals surface area contributed by atoms with Gasteiger partial charge in [0.2, 0.25) is 0 Å². The van der Waals surface area contributed by atoms with Gasteiger partial charge in [0.25, 0.3) is 0 Å². The Bertz CT molecular complexity index is 583. The van der Waals surface area contributed by atoms with Crippen molar-refractivity contribution in [2.45, 2.75) is 29.5 Å². The standard InChI is InChI=1S/C12H11BrN2OS2/c1-3-11-14-12(18-15-11)17-8-4-5-9(7(2)16)10(13)6-8/h4-6H,3H2,1-2H3. The number of hydrogen-bond acceptors (Lipinski definition) is 5. The summed E-state index contributed by atoms with van der Waals surface area (Å²) in [5.41, 5.74) is 0.700. The molecule has 6 heteroatoms. The van der Waals surface area contributed by atoms with Gasteiger partial charge in [0.05, 0.1) is 0 Å². The third kappa shape index (κ3) is 3.18. The molecular weight excluding hydrogens is 332 g/mol. The predicted molar refractivity (Wildman–Crippen MR) is 77.6 cm³/mol. The van der Waals surface area contributed by atoms with Crippen LogP contribution in [0.2, 0.25) is 0 Å². The van der Waals surface area contributed by atoms with E-state index in [1.807, 2.05) is 25.1 Å². The molecule has 0 aliphatic carbocycles. The SMILES string of the molecule is CCc1nsc(Sc2ccc(C(C)=O)c(Br)c2)n1. The number of carbonyl (C=O) groups excluding carboxylic acids is 1. The molecule has 2 aromatic rings. The van der Waals surface area contributed by atoms with Gasteiger partial charge in [-0.3, -0.25) is 4.79 Å². The first kappa shape index (κ1) is 13.7. The van der Waals surface area contributed by atoms with E-state index in [4.69, 9.17) is 0 Å². The summed E-state index contributed by atoms with van der Waals surface area (Å²) in [5, 5.41) is 0. The second kappa shape index (κ2) is 5.95. The maximum absolute atomic E-state index is 11.3. The summed E-state index contributed by atoms with van der Waals surface area (Å²) >= 11 is 6.38. The van der Waals surface area contributed by atoms with E-state index in [2.05, 4.69) is 25.3 Å². The summed E-state index contributed by atoms with van der Waals surface area (Å²) < 4.78 is 5.99. The highest BCUT2D eigenvalue weighted by atomic mass is 79.9. The van der Waals surface area contributed by atoms with E-state index in [1.54, 1.807) is 18.7 Å². The largest absolute Gasteiger partial charge is 0.294 e. The highest BCUT2D eigenvalue weighted by molar-refractivity contribution is 9.10. The van der Waals surface area contributed by atoms with Gasteiger partial charge in [-0.05, 0) is 36.7 Å². The second-order valence-corrected chi connectivity index (χ2v) is 6.56. The van der Waals surface area contributed by atoms with Crippen LogP contribution in [0, 0.1) is 0 Å². The molecule has 0 saturated carbocycles. The first-order valence-corrected chi connectivity index (χ1v) is 7.79. The van der Waals surface area contributed by atoms with E-state index < -0.39 is 0 Å². The van der Waals surface area contributed by atoms with Crippen molar-refractivity contribution in [2.24, 2.45) is 0 Å². The summed E-state index contributed by atoms with van der Waals surface area (Å²) in [6.45, 7) is 3.60. The molecule has 0 aliphatic heterocycles. The summed E-state index contributed by atoms with van der Waals surface area (Å²) in [6.07, 6.45) is 0.851. The zero-order chi connectivity index (χ0) is 13.1. The Morgan fingerprint density at radius 1 is 1.50 bits per heavy atom. The molecule has 0 aliphatic rings. The Morgan fingerprint density at radius 2 is 2.28 bits per heavy atom. The van der Waals surface area contributed by atoms with Gasteiger partial charge in [0, 0.05) is 21.4 Å². The van der Waals surface area contributed by atoms with E-state index in [0.717, 1.165) is 26.0 Å². The lowest BCUT2D eigenvalue weighted by molar-refractivity contribution is 0.101. The van der Waals surface area contributed by atoms with Crippen LogP contribution in [0.1, 0.15) is 30.0 Å². The van der Waals surface area contributed by atoms with E-state index in [1.165, 1.54) is 11.5 Å². The van der Waals surface area contributed by atoms with E-state index in [-0.39, 0.29) is 5.78 Å². The number of aromatic nitrogens is 2. The van der Waals surface area contributed by atoms with Crippen LogP contribution >= 0.6 is 39.2 Å². The molecule has 18 heavy (non-hydrogen) atoms. The van der Waals surface area contributed by atoms with Crippen molar-refractivity contribution in [1.82, 2.24) is 9.36 Å². The van der Waals surface area contributed by atoms with E-state index >= 15 is 0 Å². The number of nitrogens with zero attached hydrogens (tertiary/aromatic N) is 2. The van der Waals surface area contributed by atoms with Gasteiger partial charge >= 0.3 is 0 Å². The van der Waals surface area contributed by atoms with Crippen molar-refractivity contribution in [1.29, 1.82) is 0 Å². The Labute approximate surface area is 122 Å². The first-order valence-electron chi connectivity index (χ1n) is 5.41. The van der Waals surface area contributed by atoms with Crippen LogP contribution in [-0.2, 0) is 6.42 Å². The number of Topliss-reactive ketones (excluding diaryl/α,β-unsaturated/α-hetero) is 1. The van der Waals surface area contributed by atoms with Gasteiger partial charge in [-0.25, -0.2) is 4.98 Å². The lowest BCUT2D eigenvalue weighted by Gasteiger charge is -2.02. The topological polar surface area (TPSA) is 42.9 Å². The molecule has 0 amide bonds. The minimum Gasteiger partial charge on any atom is -0.294 e. The molecule has 0 N–H and O–H groups in total. The van der Waals surface area contributed by atoms with Crippen LogP contribution in [0.3, 0.4) is 0 Å². The molecule has 0 radical (unpaired) electrons. The summed E-state index contributed by atoms with van der Waals surface area (Å²) in [5.74, 6) is 0.935. The van der Waals surface area contributed by atoms with Crippen molar-refractivity contribution in [3.8, 4) is 0 Å². The highest BCUT2D eigenvalue weighted by Crippen LogP contribution is 2.32. The van der Waals surface area contributed by atoms with E-state index in [9.17, 15) is 4.79 Å². The fourth-order valence-corrected chi connectivity index (χ4v) is 3.89. The molecule has 94 valence electrons. The third-order valence-corrected chi connectivity index (χ3v) is 4.73. The number of rotatable bonds is 4. The van der Waals surface area contributed by atoms with Gasteiger partial charge in [-0.15, -0.1) is 0 Å². The van der Waals surface area contributed by atoms with Gasteiger partial charge in [0.1, 0.15) is 5.82 Å². The average molecular weight is 343 g/mol. The summed E-state index contributed by atoms with van der Waals surface area (Å²) in [6, 6.07) is 5.70. The maximum atomic E-state index is 11.3. The zero-order valence-corrected chi connectivity index (χ0v) is 13.2. The lowest BCUT2D eigenvalue weighted by atomic mass is 10.2. The summed E-state index contributed by atoms with van der Waals surface area (Å²) in [7, 11) is 0. The molecule has 0 spiro atoms. The maximum Gasteiger partial charge on any atom is 0.174 e. The van der Waals surface area contributed by atoms with Gasteiger partial charge in [0.15, 0.2) is 10.1 Å². The van der Waals surface area contributed by atoms with Gasteiger partial charge in [-0.2, -0.15) is 4.37 Å². The summed E-state index contributed by atoms with van der Waals surface area (Å²) in [4.78, 5) is 16.8. The minimum absolute atomic E-state index is 0.0580. The molecule has 1 aromatic carbocycles. The fourth-order valence-electron chi connectivity index (χ4n) is 1.37. The van der Waals surface area contributed by atoms with Crippen LogP contribution in [-0.4, -0.2) is 15.1 Å². The number of hydrogen-bond donors (Lipinski definition) is 0. The van der Waals surface area contributed by atoms with Gasteiger partial charge in [-0.1, -0.05) is 34.6 Å². The molecule has 2 rings (SSSR count).